The molecule has 1 aliphatic heterocycles. The predicted molar refractivity (Wildman–Crippen MR) is 63.0 cm³/mol. The third kappa shape index (κ3) is 1.65. The van der Waals surface area contributed by atoms with Gasteiger partial charge in [-0.2, -0.15) is 0 Å². The van der Waals surface area contributed by atoms with Crippen LogP contribution in [-0.4, -0.2) is 37.0 Å². The molecule has 0 spiro atoms. The quantitative estimate of drug-likeness (QED) is 0.762. The van der Waals surface area contributed by atoms with Crippen molar-refractivity contribution in [1.82, 2.24) is 10.2 Å². The van der Waals surface area contributed by atoms with E-state index in [-0.39, 0.29) is 0 Å². The van der Waals surface area contributed by atoms with Crippen LogP contribution in [-0.2, 0) is 4.79 Å². The van der Waals surface area contributed by atoms with Gasteiger partial charge in [-0.25, -0.2) is 0 Å². The second-order valence-electron chi connectivity index (χ2n) is 5.70. The van der Waals surface area contributed by atoms with Crippen LogP contribution in [0.2, 0.25) is 0 Å². The Labute approximate surface area is 97.6 Å². The minimum absolute atomic E-state index is 0.415. The Bertz CT molecular complexity index is 280. The zero-order chi connectivity index (χ0) is 11.1. The van der Waals surface area contributed by atoms with Crippen molar-refractivity contribution < 1.29 is 4.79 Å². The molecule has 3 unspecified atom stereocenters. The zero-order valence-electron chi connectivity index (χ0n) is 10.1. The van der Waals surface area contributed by atoms with Crippen LogP contribution in [0.4, 0.5) is 0 Å². The van der Waals surface area contributed by atoms with Gasteiger partial charge < -0.3 is 10.2 Å². The van der Waals surface area contributed by atoms with Gasteiger partial charge in [0.1, 0.15) is 0 Å². The Morgan fingerprint density at radius 1 is 1.19 bits per heavy atom. The van der Waals surface area contributed by atoms with Crippen LogP contribution in [0.25, 0.3) is 0 Å². The standard InChI is InChI=1S/C13H22N2O/c1-14-9-6-7-15(8-9)13(16)12-10-4-2-3-5-11(10)12/h9-12,14H,2-8H2,1H3. The molecule has 3 aliphatic rings. The lowest BCUT2D eigenvalue weighted by molar-refractivity contribution is -0.132. The van der Waals surface area contributed by atoms with E-state index >= 15 is 0 Å². The van der Waals surface area contributed by atoms with E-state index in [2.05, 4.69) is 10.2 Å². The SMILES string of the molecule is CNC1CCN(C(=O)C2C3CCCCC32)C1. The summed E-state index contributed by atoms with van der Waals surface area (Å²) in [5.41, 5.74) is 0. The van der Waals surface area contributed by atoms with E-state index < -0.39 is 0 Å². The highest BCUT2D eigenvalue weighted by atomic mass is 16.2. The van der Waals surface area contributed by atoms with Crippen LogP contribution in [0.3, 0.4) is 0 Å². The summed E-state index contributed by atoms with van der Waals surface area (Å²) in [5, 5.41) is 3.28. The van der Waals surface area contributed by atoms with Gasteiger partial charge >= 0.3 is 0 Å². The average Bonchev–Trinajstić information content (AvgIpc) is 2.84. The summed E-state index contributed by atoms with van der Waals surface area (Å²) in [7, 11) is 2.00. The van der Waals surface area contributed by atoms with E-state index in [9.17, 15) is 4.79 Å². The summed E-state index contributed by atoms with van der Waals surface area (Å²) in [6, 6.07) is 0.532. The fourth-order valence-corrected chi connectivity index (χ4v) is 3.77. The van der Waals surface area contributed by atoms with Gasteiger partial charge in [0.15, 0.2) is 0 Å². The van der Waals surface area contributed by atoms with E-state index in [1.165, 1.54) is 25.7 Å². The number of carbonyl (C=O) groups is 1. The number of hydrogen-bond acceptors (Lipinski definition) is 2. The van der Waals surface area contributed by atoms with Crippen LogP contribution >= 0.6 is 0 Å². The van der Waals surface area contributed by atoms with Crippen LogP contribution in [0.15, 0.2) is 0 Å². The number of hydrogen-bond donors (Lipinski definition) is 1. The molecule has 3 heteroatoms. The topological polar surface area (TPSA) is 32.3 Å². The van der Waals surface area contributed by atoms with Gasteiger partial charge in [-0.3, -0.25) is 4.79 Å². The molecule has 0 aromatic rings. The monoisotopic (exact) mass is 222 g/mol. The Morgan fingerprint density at radius 2 is 1.88 bits per heavy atom. The maximum Gasteiger partial charge on any atom is 0.226 e. The Morgan fingerprint density at radius 3 is 2.44 bits per heavy atom. The van der Waals surface area contributed by atoms with Gasteiger partial charge in [0.2, 0.25) is 5.91 Å². The molecule has 3 atom stereocenters. The summed E-state index contributed by atoms with van der Waals surface area (Å²) in [5.74, 6) is 2.40. The van der Waals surface area contributed by atoms with Gasteiger partial charge in [-0.05, 0) is 38.1 Å². The number of nitrogens with zero attached hydrogens (tertiary/aromatic N) is 1. The lowest BCUT2D eigenvalue weighted by Crippen LogP contribution is -2.34. The van der Waals surface area contributed by atoms with Crippen molar-refractivity contribution in [2.75, 3.05) is 20.1 Å². The molecule has 2 aliphatic carbocycles. The normalized spacial score (nSPS) is 41.9. The largest absolute Gasteiger partial charge is 0.341 e. The Kier molecular flexibility index (Phi) is 2.66. The molecule has 0 bridgehead atoms. The second kappa shape index (κ2) is 4.02. The van der Waals surface area contributed by atoms with Crippen molar-refractivity contribution in [3.8, 4) is 0 Å². The fourth-order valence-electron chi connectivity index (χ4n) is 3.77. The fraction of sp³-hybridized carbons (Fsp3) is 0.923. The molecule has 90 valence electrons. The van der Waals surface area contributed by atoms with E-state index in [4.69, 9.17) is 0 Å². The Balaban J connectivity index is 1.58. The van der Waals surface area contributed by atoms with Crippen LogP contribution in [0.1, 0.15) is 32.1 Å². The maximum absolute atomic E-state index is 12.3. The van der Waals surface area contributed by atoms with Crippen molar-refractivity contribution in [2.24, 2.45) is 17.8 Å². The number of amides is 1. The molecule has 3 nitrogen and oxygen atoms in total. The van der Waals surface area contributed by atoms with Gasteiger partial charge in [-0.1, -0.05) is 12.8 Å². The number of fused-ring (bicyclic) bond motifs is 1. The van der Waals surface area contributed by atoms with Gasteiger partial charge in [-0.15, -0.1) is 0 Å². The minimum atomic E-state index is 0.415. The summed E-state index contributed by atoms with van der Waals surface area (Å²) in [6.07, 6.45) is 6.45. The zero-order valence-corrected chi connectivity index (χ0v) is 10.1. The molecule has 3 rings (SSSR count). The number of likely N-dealkylation sites (N-methyl/N-ethyl adjacent to an activating group) is 1. The van der Waals surface area contributed by atoms with Crippen molar-refractivity contribution >= 4 is 5.91 Å². The molecule has 0 aromatic carbocycles. The molecule has 0 radical (unpaired) electrons. The summed E-state index contributed by atoms with van der Waals surface area (Å²) < 4.78 is 0. The molecule has 1 N–H and O–H groups in total. The van der Waals surface area contributed by atoms with Crippen molar-refractivity contribution in [3.63, 3.8) is 0 Å². The highest BCUT2D eigenvalue weighted by Gasteiger charge is 2.56. The number of likely N-dealkylation sites (tertiary alicyclic amines) is 1. The molecule has 1 amide bonds. The molecule has 3 fully saturated rings. The second-order valence-corrected chi connectivity index (χ2v) is 5.70. The van der Waals surface area contributed by atoms with E-state index in [0.29, 0.717) is 17.9 Å². The lowest BCUT2D eigenvalue weighted by atomic mass is 10.0. The molecule has 1 saturated heterocycles. The van der Waals surface area contributed by atoms with Crippen LogP contribution < -0.4 is 5.32 Å². The van der Waals surface area contributed by atoms with E-state index in [1.54, 1.807) is 0 Å². The molecular weight excluding hydrogens is 200 g/mol. The van der Waals surface area contributed by atoms with Gasteiger partial charge in [0.05, 0.1) is 0 Å². The van der Waals surface area contributed by atoms with Gasteiger partial charge in [0, 0.05) is 25.0 Å². The van der Waals surface area contributed by atoms with Crippen molar-refractivity contribution in [3.05, 3.63) is 0 Å². The maximum atomic E-state index is 12.3. The molecule has 0 aromatic heterocycles. The molecule has 2 saturated carbocycles. The third-order valence-electron chi connectivity index (χ3n) is 4.85. The van der Waals surface area contributed by atoms with E-state index in [1.807, 2.05) is 7.05 Å². The van der Waals surface area contributed by atoms with Crippen LogP contribution in [0.5, 0.6) is 0 Å². The first-order valence-corrected chi connectivity index (χ1v) is 6.77. The minimum Gasteiger partial charge on any atom is -0.341 e. The van der Waals surface area contributed by atoms with E-state index in [0.717, 1.165) is 31.3 Å². The first-order chi connectivity index (χ1) is 7.81. The highest BCUT2D eigenvalue weighted by molar-refractivity contribution is 5.82. The molecule has 16 heavy (non-hydrogen) atoms. The average molecular weight is 222 g/mol. The number of rotatable bonds is 2. The van der Waals surface area contributed by atoms with Crippen molar-refractivity contribution in [1.29, 1.82) is 0 Å². The molecular formula is C13H22N2O. The number of nitrogens with one attached hydrogen (secondary N) is 1. The number of carbonyl (C=O) groups excluding carboxylic acids is 1. The van der Waals surface area contributed by atoms with Gasteiger partial charge in [0.25, 0.3) is 0 Å². The lowest BCUT2D eigenvalue weighted by Gasteiger charge is -2.16. The summed E-state index contributed by atoms with van der Waals surface area (Å²) in [4.78, 5) is 14.4. The first-order valence-electron chi connectivity index (χ1n) is 6.77. The van der Waals surface area contributed by atoms with Crippen LogP contribution in [0, 0.1) is 17.8 Å². The smallest absolute Gasteiger partial charge is 0.226 e. The highest BCUT2D eigenvalue weighted by Crippen LogP contribution is 2.56. The summed E-state index contributed by atoms with van der Waals surface area (Å²) >= 11 is 0. The van der Waals surface area contributed by atoms with Crippen molar-refractivity contribution in [2.45, 2.75) is 38.1 Å². The predicted octanol–water partition coefficient (Wildman–Crippen LogP) is 1.24. The first kappa shape index (κ1) is 10.6. The Hall–Kier alpha value is -0.570. The molecule has 1 heterocycles. The third-order valence-corrected chi connectivity index (χ3v) is 4.85. The summed E-state index contributed by atoms with van der Waals surface area (Å²) in [6.45, 7) is 1.91.